The molecule has 13 heavy (non-hydrogen) atoms. The van der Waals surface area contributed by atoms with E-state index in [1.165, 1.54) is 6.08 Å². The molecule has 0 aliphatic heterocycles. The molecule has 0 fully saturated rings. The Balaban J connectivity index is 4.57. The van der Waals surface area contributed by atoms with Crippen LogP contribution in [0.5, 0.6) is 0 Å². The van der Waals surface area contributed by atoms with E-state index in [0.717, 1.165) is 0 Å². The third kappa shape index (κ3) is 5.39. The summed E-state index contributed by atoms with van der Waals surface area (Å²) in [5.74, 6) is -1.18. The molecule has 6 heteroatoms. The van der Waals surface area contributed by atoms with Gasteiger partial charge in [-0.1, -0.05) is 0 Å². The fourth-order valence-corrected chi connectivity index (χ4v) is 0.947. The topological polar surface area (TPSA) is 101 Å². The van der Waals surface area contributed by atoms with Gasteiger partial charge in [0.05, 0.1) is 0 Å². The third-order valence-corrected chi connectivity index (χ3v) is 1.61. The van der Waals surface area contributed by atoms with Crippen LogP contribution in [0.4, 0.5) is 0 Å². The summed E-state index contributed by atoms with van der Waals surface area (Å²) in [6, 6.07) is -1.16. The zero-order valence-electron chi connectivity index (χ0n) is 6.80. The Kier molecular flexibility index (Phi) is 6.20. The van der Waals surface area contributed by atoms with Crippen LogP contribution in [0.1, 0.15) is 6.42 Å². The van der Waals surface area contributed by atoms with E-state index in [0.29, 0.717) is 5.57 Å². The van der Waals surface area contributed by atoms with Crippen molar-refractivity contribution in [3.63, 3.8) is 0 Å². The molecule has 0 aliphatic rings. The molecule has 0 rings (SSSR count). The summed E-state index contributed by atoms with van der Waals surface area (Å²) in [5, 5.41) is 17.0. The maximum atomic E-state index is 10.3. The Hall–Kier alpha value is -0.860. The first kappa shape index (κ1) is 12.1. The average Bonchev–Trinajstić information content (AvgIpc) is 2.05. The minimum atomic E-state index is -1.18. The molecular formula is C7H10NO4P. The van der Waals surface area contributed by atoms with E-state index in [2.05, 4.69) is 5.63 Å². The predicted molar refractivity (Wildman–Crippen MR) is 46.9 cm³/mol. The molecule has 72 valence electrons. The molecule has 1 unspecified atom stereocenters. The van der Waals surface area contributed by atoms with Crippen LogP contribution in [0.25, 0.3) is 0 Å². The van der Waals surface area contributed by atoms with Gasteiger partial charge >= 0.3 is 75.5 Å². The first-order valence-electron chi connectivity index (χ1n) is 3.50. The summed E-state index contributed by atoms with van der Waals surface area (Å²) in [5.41, 5.74) is 7.86. The second-order valence-electron chi connectivity index (χ2n) is 2.23. The molecule has 0 heterocycles. The molecule has 0 radical (unpaired) electrons. The monoisotopic (exact) mass is 203 g/mol. The van der Waals surface area contributed by atoms with E-state index in [4.69, 9.17) is 15.9 Å². The number of rotatable bonds is 4. The van der Waals surface area contributed by atoms with Gasteiger partial charge in [0.15, 0.2) is 0 Å². The van der Waals surface area contributed by atoms with Crippen LogP contribution in [0.15, 0.2) is 11.6 Å². The molecule has 1 atom stereocenters. The van der Waals surface area contributed by atoms with Crippen LogP contribution >= 0.6 is 7.92 Å². The van der Waals surface area contributed by atoms with Crippen molar-refractivity contribution in [3.8, 4) is 5.63 Å². The van der Waals surface area contributed by atoms with Gasteiger partial charge in [-0.15, -0.1) is 0 Å². The van der Waals surface area contributed by atoms with Gasteiger partial charge in [0.1, 0.15) is 0 Å². The van der Waals surface area contributed by atoms with E-state index >= 15 is 0 Å². The van der Waals surface area contributed by atoms with Crippen molar-refractivity contribution in [1.29, 1.82) is 0 Å². The Bertz CT molecular complexity index is 305. The second kappa shape index (κ2) is 6.63. The number of aliphatic hydroxyl groups excluding tert-OH is 1. The molecule has 0 bridgehead atoms. The molecule has 0 aromatic heterocycles. The minimum absolute atomic E-state index is 0.166. The number of nitrogens with two attached hydrogens (primary N) is 1. The van der Waals surface area contributed by atoms with Crippen LogP contribution in [0.2, 0.25) is 0 Å². The molecule has 0 aliphatic carbocycles. The van der Waals surface area contributed by atoms with E-state index in [-0.39, 0.29) is 20.9 Å². The number of aliphatic carboxylic acids is 1. The molecule has 0 aromatic rings. The van der Waals surface area contributed by atoms with Crippen LogP contribution in [0.3, 0.4) is 0 Å². The van der Waals surface area contributed by atoms with E-state index in [1.807, 2.05) is 0 Å². The van der Waals surface area contributed by atoms with Crippen molar-refractivity contribution in [3.05, 3.63) is 11.6 Å². The summed E-state index contributed by atoms with van der Waals surface area (Å²) in [4.78, 5) is 10.3. The standard InChI is InChI=1S/C7H10NO4P/c8-6(7(10)11)3-5(1-2-9)4-13-12/h3,6,9H,1-2,8H2,(H,10,11). The first-order valence-corrected chi connectivity index (χ1v) is 4.31. The van der Waals surface area contributed by atoms with Gasteiger partial charge in [-0.2, -0.15) is 0 Å². The van der Waals surface area contributed by atoms with Crippen molar-refractivity contribution >= 4 is 13.9 Å². The molecule has 4 N–H and O–H groups in total. The van der Waals surface area contributed by atoms with Crippen molar-refractivity contribution < 1.29 is 19.6 Å². The van der Waals surface area contributed by atoms with Crippen molar-refractivity contribution in [2.24, 2.45) is 5.73 Å². The van der Waals surface area contributed by atoms with Crippen molar-refractivity contribution in [2.75, 3.05) is 6.61 Å². The fraction of sp³-hybridized carbons (Fsp3) is 0.429. The molecule has 0 spiro atoms. The second-order valence-corrected chi connectivity index (χ2v) is 2.64. The fourth-order valence-electron chi connectivity index (χ4n) is 0.644. The maximum absolute atomic E-state index is 10.3. The first-order chi connectivity index (χ1) is 6.11. The number of carboxylic acid groups (broad SMARTS) is 1. The quantitative estimate of drug-likeness (QED) is 0.556. The van der Waals surface area contributed by atoms with Crippen LogP contribution in [0, 0.1) is 5.63 Å². The normalized spacial score (nSPS) is 13.2. The predicted octanol–water partition coefficient (Wildman–Crippen LogP) is -0.0420. The van der Waals surface area contributed by atoms with Crippen LogP contribution in [-0.4, -0.2) is 28.8 Å². The van der Waals surface area contributed by atoms with Gasteiger partial charge in [-0.05, 0) is 0 Å². The zero-order chi connectivity index (χ0) is 10.3. The Morgan fingerprint density at radius 2 is 2.31 bits per heavy atom. The molecule has 0 saturated heterocycles. The number of carbonyl (C=O) groups is 1. The molecule has 0 aromatic carbocycles. The van der Waals surface area contributed by atoms with E-state index in [9.17, 15) is 9.36 Å². The van der Waals surface area contributed by atoms with Gasteiger partial charge in [0, 0.05) is 0 Å². The Labute approximate surface area is 76.4 Å². The summed E-state index contributed by atoms with van der Waals surface area (Å²) < 4.78 is 10.1. The third-order valence-electron chi connectivity index (χ3n) is 1.24. The molecule has 0 amide bonds. The summed E-state index contributed by atoms with van der Waals surface area (Å²) in [6.45, 7) is -0.166. The molecule has 0 saturated carbocycles. The Morgan fingerprint density at radius 1 is 1.69 bits per heavy atom. The van der Waals surface area contributed by atoms with Gasteiger partial charge in [-0.3, -0.25) is 0 Å². The van der Waals surface area contributed by atoms with Gasteiger partial charge in [0.2, 0.25) is 0 Å². The van der Waals surface area contributed by atoms with Gasteiger partial charge in [0.25, 0.3) is 0 Å². The number of aliphatic hydroxyl groups is 1. The van der Waals surface area contributed by atoms with Crippen molar-refractivity contribution in [1.82, 2.24) is 0 Å². The van der Waals surface area contributed by atoms with Crippen LogP contribution < -0.4 is 5.73 Å². The number of carboxylic acids is 1. The average molecular weight is 203 g/mol. The summed E-state index contributed by atoms with van der Waals surface area (Å²) in [6.07, 6.45) is 1.39. The Morgan fingerprint density at radius 3 is 2.69 bits per heavy atom. The number of hydrogen-bond acceptors (Lipinski definition) is 4. The van der Waals surface area contributed by atoms with Crippen molar-refractivity contribution in [2.45, 2.75) is 12.5 Å². The SMILES string of the molecule is NC(C=C(C#P=O)CCO)C(=O)O. The number of hydrogen-bond donors (Lipinski definition) is 3. The molecule has 5 nitrogen and oxygen atoms in total. The van der Waals surface area contributed by atoms with Gasteiger partial charge in [-0.25, -0.2) is 0 Å². The van der Waals surface area contributed by atoms with Crippen LogP contribution in [-0.2, 0) is 9.36 Å². The summed E-state index contributed by atoms with van der Waals surface area (Å²) >= 11 is 0. The zero-order valence-corrected chi connectivity index (χ0v) is 7.70. The summed E-state index contributed by atoms with van der Waals surface area (Å²) in [7, 11) is -0.356. The molecular weight excluding hydrogens is 193 g/mol. The van der Waals surface area contributed by atoms with Gasteiger partial charge < -0.3 is 0 Å². The van der Waals surface area contributed by atoms with E-state index in [1.54, 1.807) is 0 Å². The van der Waals surface area contributed by atoms with E-state index < -0.39 is 12.0 Å².